The van der Waals surface area contributed by atoms with Crippen LogP contribution < -0.4 is 5.32 Å². The van der Waals surface area contributed by atoms with Crippen LogP contribution in [0.15, 0.2) is 12.7 Å². The summed E-state index contributed by atoms with van der Waals surface area (Å²) in [4.78, 5) is 11.3. The van der Waals surface area contributed by atoms with Crippen molar-refractivity contribution in [3.63, 3.8) is 0 Å². The fourth-order valence-corrected chi connectivity index (χ4v) is 1.57. The first-order valence-electron chi connectivity index (χ1n) is 4.55. The molecule has 1 unspecified atom stereocenters. The third-order valence-electron chi connectivity index (χ3n) is 2.39. The summed E-state index contributed by atoms with van der Waals surface area (Å²) in [5.41, 5.74) is 1.88. The Kier molecular flexibility index (Phi) is 2.07. The van der Waals surface area contributed by atoms with Gasteiger partial charge in [-0.15, -0.1) is 11.7 Å². The van der Waals surface area contributed by atoms with Gasteiger partial charge in [0, 0.05) is 6.42 Å². The average Bonchev–Trinajstić information content (AvgIpc) is 2.57. The van der Waals surface area contributed by atoms with E-state index in [0.717, 1.165) is 11.4 Å². The lowest BCUT2D eigenvalue weighted by molar-refractivity contribution is -0.125. The molecule has 1 atom stereocenters. The van der Waals surface area contributed by atoms with E-state index in [4.69, 9.17) is 0 Å². The molecule has 1 aliphatic heterocycles. The number of hydrogen-bond donors (Lipinski definition) is 1. The number of aromatic nitrogens is 3. The zero-order valence-corrected chi connectivity index (χ0v) is 8.03. The van der Waals surface area contributed by atoms with Gasteiger partial charge in [0.1, 0.15) is 6.04 Å². The molecule has 1 amide bonds. The summed E-state index contributed by atoms with van der Waals surface area (Å²) in [5.74, 6) is -0.00690. The molecule has 0 fully saturated rings. The number of carbonyl (C=O) groups is 1. The maximum Gasteiger partial charge on any atom is 0.244 e. The molecule has 5 nitrogen and oxygen atoms in total. The topological polar surface area (TPSA) is 59.8 Å². The molecular weight excluding hydrogens is 180 g/mol. The van der Waals surface area contributed by atoms with E-state index < -0.39 is 0 Å². The average molecular weight is 192 g/mol. The van der Waals surface area contributed by atoms with E-state index in [9.17, 15) is 4.79 Å². The van der Waals surface area contributed by atoms with Crippen LogP contribution in [0.25, 0.3) is 0 Å². The molecule has 1 aromatic heterocycles. The minimum absolute atomic E-state index is 0.00690. The van der Waals surface area contributed by atoms with Gasteiger partial charge >= 0.3 is 0 Å². The zero-order valence-electron chi connectivity index (χ0n) is 8.03. The molecule has 14 heavy (non-hydrogen) atoms. The van der Waals surface area contributed by atoms with Gasteiger partial charge in [-0.2, -0.15) is 0 Å². The summed E-state index contributed by atoms with van der Waals surface area (Å²) in [7, 11) is 0. The van der Waals surface area contributed by atoms with Crippen LogP contribution in [0, 0.1) is 0 Å². The Labute approximate surface area is 81.8 Å². The Balaban J connectivity index is 2.39. The van der Waals surface area contributed by atoms with E-state index in [1.807, 2.05) is 6.92 Å². The first-order valence-corrected chi connectivity index (χ1v) is 4.55. The van der Waals surface area contributed by atoms with Crippen molar-refractivity contribution in [2.75, 3.05) is 0 Å². The fraction of sp³-hybridized carbons (Fsp3) is 0.444. The molecule has 2 heterocycles. The molecule has 1 N–H and O–H groups in total. The van der Waals surface area contributed by atoms with E-state index in [2.05, 4.69) is 22.2 Å². The molecule has 74 valence electrons. The highest BCUT2D eigenvalue weighted by Crippen LogP contribution is 2.17. The van der Waals surface area contributed by atoms with Gasteiger partial charge in [0.15, 0.2) is 0 Å². The van der Waals surface area contributed by atoms with Crippen LogP contribution in [0.5, 0.6) is 0 Å². The minimum atomic E-state index is -0.259. The lowest BCUT2D eigenvalue weighted by Gasteiger charge is -2.20. The van der Waals surface area contributed by atoms with Gasteiger partial charge in [-0.3, -0.25) is 4.79 Å². The summed E-state index contributed by atoms with van der Waals surface area (Å²) < 4.78 is 1.68. The number of nitrogens with zero attached hydrogens (tertiary/aromatic N) is 3. The molecule has 1 aliphatic rings. The molecule has 5 heteroatoms. The first kappa shape index (κ1) is 8.93. The van der Waals surface area contributed by atoms with Crippen molar-refractivity contribution in [1.82, 2.24) is 20.3 Å². The van der Waals surface area contributed by atoms with Crippen molar-refractivity contribution in [3.8, 4) is 0 Å². The number of fused-ring (bicyclic) bond motifs is 1. The SMILES string of the molecule is C=CCc1nnn2c1CNC(=O)C2C. The standard InChI is InChI=1S/C9H12N4O/c1-3-4-7-8-5-10-9(14)6(2)13(8)12-11-7/h3,6H,1,4-5H2,2H3,(H,10,14). The number of nitrogens with one attached hydrogen (secondary N) is 1. The highest BCUT2D eigenvalue weighted by molar-refractivity contribution is 5.80. The molecule has 0 spiro atoms. The molecule has 0 saturated heterocycles. The Morgan fingerprint density at radius 2 is 2.57 bits per heavy atom. The molecule has 1 aromatic rings. The lowest BCUT2D eigenvalue weighted by atomic mass is 10.2. The van der Waals surface area contributed by atoms with Crippen LogP contribution in [-0.2, 0) is 17.8 Å². The number of hydrogen-bond acceptors (Lipinski definition) is 3. The maximum atomic E-state index is 11.3. The van der Waals surface area contributed by atoms with Gasteiger partial charge in [0.05, 0.1) is 17.9 Å². The minimum Gasteiger partial charge on any atom is -0.349 e. The smallest absolute Gasteiger partial charge is 0.244 e. The van der Waals surface area contributed by atoms with E-state index in [1.165, 1.54) is 0 Å². The summed E-state index contributed by atoms with van der Waals surface area (Å²) in [6, 6.07) is -0.259. The van der Waals surface area contributed by atoms with Crippen molar-refractivity contribution < 1.29 is 4.79 Å². The molecular formula is C9H12N4O. The van der Waals surface area contributed by atoms with Crippen molar-refractivity contribution in [2.24, 2.45) is 0 Å². The van der Waals surface area contributed by atoms with E-state index in [1.54, 1.807) is 10.8 Å². The molecule has 0 saturated carbocycles. The monoisotopic (exact) mass is 192 g/mol. The van der Waals surface area contributed by atoms with Gasteiger partial charge in [0.25, 0.3) is 0 Å². The second-order valence-electron chi connectivity index (χ2n) is 3.31. The molecule has 0 radical (unpaired) electrons. The summed E-state index contributed by atoms with van der Waals surface area (Å²) >= 11 is 0. The molecule has 0 aliphatic carbocycles. The third-order valence-corrected chi connectivity index (χ3v) is 2.39. The van der Waals surface area contributed by atoms with Crippen molar-refractivity contribution in [1.29, 1.82) is 0 Å². The van der Waals surface area contributed by atoms with E-state index in [0.29, 0.717) is 13.0 Å². The predicted molar refractivity (Wildman–Crippen MR) is 50.5 cm³/mol. The molecule has 0 bridgehead atoms. The fourth-order valence-electron chi connectivity index (χ4n) is 1.57. The van der Waals surface area contributed by atoms with Gasteiger partial charge in [-0.25, -0.2) is 4.68 Å². The highest BCUT2D eigenvalue weighted by atomic mass is 16.2. The second-order valence-corrected chi connectivity index (χ2v) is 3.31. The quantitative estimate of drug-likeness (QED) is 0.681. The van der Waals surface area contributed by atoms with Crippen LogP contribution in [0.4, 0.5) is 0 Å². The maximum absolute atomic E-state index is 11.3. The zero-order chi connectivity index (χ0) is 10.1. The van der Waals surface area contributed by atoms with E-state index in [-0.39, 0.29) is 11.9 Å². The largest absolute Gasteiger partial charge is 0.349 e. The third kappa shape index (κ3) is 1.21. The van der Waals surface area contributed by atoms with Crippen molar-refractivity contribution in [3.05, 3.63) is 24.0 Å². The number of amides is 1. The normalized spacial score (nSPS) is 20.1. The van der Waals surface area contributed by atoms with Crippen LogP contribution >= 0.6 is 0 Å². The van der Waals surface area contributed by atoms with Gasteiger partial charge in [0.2, 0.25) is 5.91 Å². The number of rotatable bonds is 2. The van der Waals surface area contributed by atoms with Crippen molar-refractivity contribution >= 4 is 5.91 Å². The van der Waals surface area contributed by atoms with E-state index >= 15 is 0 Å². The number of carbonyl (C=O) groups excluding carboxylic acids is 1. The summed E-state index contributed by atoms with van der Waals surface area (Å²) in [5, 5.41) is 10.8. The molecule has 0 aromatic carbocycles. The van der Waals surface area contributed by atoms with Gasteiger partial charge in [-0.05, 0) is 6.92 Å². The van der Waals surface area contributed by atoms with Crippen LogP contribution in [0.2, 0.25) is 0 Å². The van der Waals surface area contributed by atoms with Crippen molar-refractivity contribution in [2.45, 2.75) is 25.9 Å². The second kappa shape index (κ2) is 3.25. The van der Waals surface area contributed by atoms with Crippen LogP contribution in [0.1, 0.15) is 24.4 Å². The lowest BCUT2D eigenvalue weighted by Crippen LogP contribution is -2.38. The Morgan fingerprint density at radius 3 is 3.29 bits per heavy atom. The Hall–Kier alpha value is -1.65. The number of allylic oxidation sites excluding steroid dienone is 1. The Bertz CT molecular complexity index is 382. The summed E-state index contributed by atoms with van der Waals surface area (Å²) in [6.45, 7) is 5.98. The van der Waals surface area contributed by atoms with Crippen LogP contribution in [-0.4, -0.2) is 20.9 Å². The summed E-state index contributed by atoms with van der Waals surface area (Å²) in [6.07, 6.45) is 2.48. The van der Waals surface area contributed by atoms with Gasteiger partial charge < -0.3 is 5.32 Å². The highest BCUT2D eigenvalue weighted by Gasteiger charge is 2.26. The molecule has 2 rings (SSSR count). The van der Waals surface area contributed by atoms with Gasteiger partial charge in [-0.1, -0.05) is 11.3 Å². The Morgan fingerprint density at radius 1 is 1.79 bits per heavy atom. The van der Waals surface area contributed by atoms with Crippen LogP contribution in [0.3, 0.4) is 0 Å². The first-order chi connectivity index (χ1) is 6.74. The predicted octanol–water partition coefficient (Wildman–Crippen LogP) is 0.197.